The molecule has 0 aliphatic rings. The molecule has 90 valence electrons. The van der Waals surface area contributed by atoms with Gasteiger partial charge in [0.25, 0.3) is 0 Å². The minimum absolute atomic E-state index is 0.0138. The van der Waals surface area contributed by atoms with E-state index in [9.17, 15) is 35.1 Å². The molecule has 8 heteroatoms. The molecule has 0 saturated heterocycles. The summed E-state index contributed by atoms with van der Waals surface area (Å²) in [5.41, 5.74) is 0. The van der Waals surface area contributed by atoms with Gasteiger partial charge in [-0.05, 0) is 0 Å². The van der Waals surface area contributed by atoms with Gasteiger partial charge in [-0.3, -0.25) is 0 Å². The Morgan fingerprint density at radius 1 is 0.867 bits per heavy atom. The minimum Gasteiger partial charge on any atom is -0.239 e. The lowest BCUT2D eigenvalue weighted by Crippen LogP contribution is -2.54. The van der Waals surface area contributed by atoms with Gasteiger partial charge in [-0.2, -0.15) is 17.6 Å². The van der Waals surface area contributed by atoms with Crippen molar-refractivity contribution in [2.75, 3.05) is 0 Å². The van der Waals surface area contributed by atoms with E-state index in [1.807, 2.05) is 0 Å². The Balaban J connectivity index is 5.03. The van der Waals surface area contributed by atoms with Gasteiger partial charge in [-0.15, -0.1) is 6.58 Å². The molecule has 0 aromatic rings. The van der Waals surface area contributed by atoms with Crippen LogP contribution in [0.3, 0.4) is 0 Å². The average Bonchev–Trinajstić information content (AvgIpc) is 2.14. The third-order valence-electron chi connectivity index (χ3n) is 1.57. The first-order valence-corrected chi connectivity index (χ1v) is 3.53. The molecular formula is C7H6F8. The fourth-order valence-electron chi connectivity index (χ4n) is 0.649. The maximum absolute atomic E-state index is 12.4. The van der Waals surface area contributed by atoms with E-state index in [0.717, 1.165) is 0 Å². The molecule has 0 aromatic heterocycles. The van der Waals surface area contributed by atoms with Crippen molar-refractivity contribution in [3.8, 4) is 0 Å². The second kappa shape index (κ2) is 4.36. The van der Waals surface area contributed by atoms with E-state index in [1.54, 1.807) is 0 Å². The Labute approximate surface area is 79.6 Å². The summed E-state index contributed by atoms with van der Waals surface area (Å²) >= 11 is 0. The molecule has 0 radical (unpaired) electrons. The van der Waals surface area contributed by atoms with E-state index in [4.69, 9.17) is 0 Å². The SMILES string of the molecule is C=CC(F)C(F)C(F)(F)C(F)(F)C(F)F. The Hall–Kier alpha value is -0.820. The van der Waals surface area contributed by atoms with E-state index >= 15 is 0 Å². The van der Waals surface area contributed by atoms with Crippen LogP contribution in [0.15, 0.2) is 12.7 Å². The molecule has 0 aliphatic carbocycles. The lowest BCUT2D eigenvalue weighted by atomic mass is 10.0. The first-order valence-electron chi connectivity index (χ1n) is 3.53. The van der Waals surface area contributed by atoms with Crippen LogP contribution in [0.4, 0.5) is 35.1 Å². The van der Waals surface area contributed by atoms with Crippen molar-refractivity contribution in [2.24, 2.45) is 0 Å². The topological polar surface area (TPSA) is 0 Å². The lowest BCUT2D eigenvalue weighted by molar-refractivity contribution is -0.289. The van der Waals surface area contributed by atoms with Crippen LogP contribution in [0, 0.1) is 0 Å². The summed E-state index contributed by atoms with van der Waals surface area (Å²) < 4.78 is 96.7. The number of alkyl halides is 8. The Bertz CT molecular complexity index is 223. The fraction of sp³-hybridized carbons (Fsp3) is 0.714. The molecule has 0 bridgehead atoms. The van der Waals surface area contributed by atoms with E-state index < -0.39 is 30.6 Å². The van der Waals surface area contributed by atoms with Crippen molar-refractivity contribution in [1.29, 1.82) is 0 Å². The molecule has 15 heavy (non-hydrogen) atoms. The highest BCUT2D eigenvalue weighted by Gasteiger charge is 2.68. The number of hydrogen-bond donors (Lipinski definition) is 0. The third kappa shape index (κ3) is 2.40. The molecule has 0 saturated carbocycles. The smallest absolute Gasteiger partial charge is 0.239 e. The van der Waals surface area contributed by atoms with Gasteiger partial charge in [0, 0.05) is 0 Å². The normalized spacial score (nSPS) is 17.7. The molecular weight excluding hydrogens is 236 g/mol. The van der Waals surface area contributed by atoms with Crippen LogP contribution in [0.25, 0.3) is 0 Å². The highest BCUT2D eigenvalue weighted by atomic mass is 19.3. The lowest BCUT2D eigenvalue weighted by Gasteiger charge is -2.28. The van der Waals surface area contributed by atoms with Crippen molar-refractivity contribution in [3.63, 3.8) is 0 Å². The summed E-state index contributed by atoms with van der Waals surface area (Å²) in [6, 6.07) is 0. The van der Waals surface area contributed by atoms with Crippen LogP contribution >= 0.6 is 0 Å². The number of halogens is 8. The largest absolute Gasteiger partial charge is 0.372 e. The van der Waals surface area contributed by atoms with Gasteiger partial charge in [0.05, 0.1) is 0 Å². The maximum Gasteiger partial charge on any atom is 0.372 e. The Morgan fingerprint density at radius 2 is 1.27 bits per heavy atom. The quantitative estimate of drug-likeness (QED) is 0.512. The highest BCUT2D eigenvalue weighted by molar-refractivity contribution is 5.00. The summed E-state index contributed by atoms with van der Waals surface area (Å²) in [4.78, 5) is 0. The minimum atomic E-state index is -5.93. The monoisotopic (exact) mass is 242 g/mol. The second-order valence-corrected chi connectivity index (χ2v) is 2.63. The van der Waals surface area contributed by atoms with Crippen LogP contribution in [0.5, 0.6) is 0 Å². The van der Waals surface area contributed by atoms with Gasteiger partial charge in [-0.25, -0.2) is 17.6 Å². The standard InChI is InChI=1S/C7H6F8/c1-2-3(8)4(9)6(12,13)7(14,15)5(10)11/h2-5H,1H2. The molecule has 0 fully saturated rings. The predicted octanol–water partition coefficient (Wildman–Crippen LogP) is 3.38. The third-order valence-corrected chi connectivity index (χ3v) is 1.57. The van der Waals surface area contributed by atoms with Gasteiger partial charge < -0.3 is 0 Å². The van der Waals surface area contributed by atoms with Gasteiger partial charge >= 0.3 is 18.3 Å². The highest BCUT2D eigenvalue weighted by Crippen LogP contribution is 2.43. The van der Waals surface area contributed by atoms with Crippen molar-refractivity contribution in [1.82, 2.24) is 0 Å². The van der Waals surface area contributed by atoms with Crippen molar-refractivity contribution in [3.05, 3.63) is 12.7 Å². The van der Waals surface area contributed by atoms with E-state index in [2.05, 4.69) is 6.58 Å². The van der Waals surface area contributed by atoms with Crippen LogP contribution < -0.4 is 0 Å². The zero-order chi connectivity index (χ0) is 12.4. The van der Waals surface area contributed by atoms with Gasteiger partial charge in [0.1, 0.15) is 0 Å². The van der Waals surface area contributed by atoms with Crippen LogP contribution in [0.2, 0.25) is 0 Å². The van der Waals surface area contributed by atoms with Crippen LogP contribution in [0.1, 0.15) is 0 Å². The van der Waals surface area contributed by atoms with Gasteiger partial charge in [0.2, 0.25) is 6.17 Å². The fourth-order valence-corrected chi connectivity index (χ4v) is 0.649. The summed E-state index contributed by atoms with van der Waals surface area (Å²) in [7, 11) is 0. The average molecular weight is 242 g/mol. The van der Waals surface area contributed by atoms with Crippen molar-refractivity contribution in [2.45, 2.75) is 30.6 Å². The Morgan fingerprint density at radius 3 is 1.53 bits per heavy atom. The molecule has 0 amide bonds. The van der Waals surface area contributed by atoms with Crippen LogP contribution in [-0.4, -0.2) is 30.6 Å². The molecule has 0 spiro atoms. The summed E-state index contributed by atoms with van der Waals surface area (Å²) in [6.07, 6.45) is -12.0. The van der Waals surface area contributed by atoms with Crippen LogP contribution in [-0.2, 0) is 0 Å². The zero-order valence-corrected chi connectivity index (χ0v) is 7.04. The molecule has 0 aliphatic heterocycles. The zero-order valence-electron chi connectivity index (χ0n) is 7.04. The first kappa shape index (κ1) is 14.2. The van der Waals surface area contributed by atoms with Gasteiger partial charge in [-0.1, -0.05) is 6.08 Å². The molecule has 2 unspecified atom stereocenters. The van der Waals surface area contributed by atoms with Gasteiger partial charge in [0.15, 0.2) is 6.17 Å². The molecule has 0 nitrogen and oxygen atoms in total. The van der Waals surface area contributed by atoms with Crippen molar-refractivity contribution >= 4 is 0 Å². The molecule has 0 aromatic carbocycles. The Kier molecular flexibility index (Phi) is 4.12. The number of rotatable bonds is 5. The number of hydrogen-bond acceptors (Lipinski definition) is 0. The molecule has 0 rings (SSSR count). The molecule has 0 N–H and O–H groups in total. The molecule has 2 atom stereocenters. The summed E-state index contributed by atoms with van der Waals surface area (Å²) in [5.74, 6) is -11.7. The summed E-state index contributed by atoms with van der Waals surface area (Å²) in [6.45, 7) is 2.54. The number of allylic oxidation sites excluding steroid dienone is 1. The van der Waals surface area contributed by atoms with E-state index in [-0.39, 0.29) is 6.08 Å². The second-order valence-electron chi connectivity index (χ2n) is 2.63. The maximum atomic E-state index is 12.4. The first-order chi connectivity index (χ1) is 6.59. The van der Waals surface area contributed by atoms with Crippen molar-refractivity contribution < 1.29 is 35.1 Å². The molecule has 0 heterocycles. The summed E-state index contributed by atoms with van der Waals surface area (Å²) in [5, 5.41) is 0. The van der Waals surface area contributed by atoms with E-state index in [1.165, 1.54) is 0 Å². The predicted molar refractivity (Wildman–Crippen MR) is 35.9 cm³/mol. The van der Waals surface area contributed by atoms with E-state index in [0.29, 0.717) is 0 Å².